The molecule has 18 nitrogen and oxygen atoms in total. The first kappa shape index (κ1) is 80.6. The van der Waals surface area contributed by atoms with E-state index in [0.29, 0.717) is 58.0 Å². The Morgan fingerprint density at radius 2 is 0.703 bits per heavy atom. The van der Waals surface area contributed by atoms with E-state index in [0.717, 1.165) is 65.2 Å². The zero-order chi connectivity index (χ0) is 74.3. The Kier molecular flexibility index (Phi) is 31.0. The lowest BCUT2D eigenvalue weighted by Gasteiger charge is -2.08. The summed E-state index contributed by atoms with van der Waals surface area (Å²) in [6.45, 7) is 0.529. The zero-order valence-corrected chi connectivity index (χ0v) is 54.2. The van der Waals surface area contributed by atoms with E-state index < -0.39 is 64.9 Å². The van der Waals surface area contributed by atoms with Crippen LogP contribution in [0.4, 0.5) is 52.7 Å². The largest absolute Gasteiger partial charge is 0.478 e. The smallest absolute Gasteiger partial charge is 0.416 e. The van der Waals surface area contributed by atoms with Gasteiger partial charge in [-0.3, -0.25) is 0 Å². The second-order valence-corrected chi connectivity index (χ2v) is 20.5. The average molecular weight is 1470 g/mol. The number of rotatable bonds is 15. The molecule has 0 aliphatic rings. The number of pyridine rings is 6. The van der Waals surface area contributed by atoms with Gasteiger partial charge in [0.1, 0.15) is 33.3 Å². The second-order valence-electron chi connectivity index (χ2n) is 19.4. The number of nitrogens with two attached hydrogens (primary N) is 1. The molecule has 0 saturated heterocycles. The number of nitrogens with zero attached hydrogens (tertiary/aromatic N) is 7. The molecule has 0 atom stereocenters. The highest BCUT2D eigenvalue weighted by Gasteiger charge is 2.33. The van der Waals surface area contributed by atoms with E-state index in [4.69, 9.17) is 69.9 Å². The van der Waals surface area contributed by atoms with Gasteiger partial charge in [-0.05, 0) is 157 Å². The van der Waals surface area contributed by atoms with Gasteiger partial charge in [0.15, 0.2) is 0 Å². The van der Waals surface area contributed by atoms with Crippen LogP contribution < -0.4 is 24.7 Å². The molecule has 528 valence electrons. The van der Waals surface area contributed by atoms with Crippen LogP contribution in [0.1, 0.15) is 70.0 Å². The third kappa shape index (κ3) is 28.7. The normalized spacial score (nSPS) is 10.8. The number of ether oxygens (including phenoxy) is 6. The first-order chi connectivity index (χ1) is 47.8. The lowest BCUT2D eigenvalue weighted by atomic mass is 10.2. The predicted octanol–water partition coefficient (Wildman–Crippen LogP) is 18.6. The Balaban J connectivity index is 0.000000222. The number of aromatic nitrogens is 6. The summed E-state index contributed by atoms with van der Waals surface area (Å²) in [6.07, 6.45) is -7.99. The molecule has 0 aliphatic heterocycles. The number of carboxylic acids is 1. The molecule has 4 aromatic carbocycles. The van der Waals surface area contributed by atoms with Crippen molar-refractivity contribution in [2.75, 3.05) is 20.8 Å². The van der Waals surface area contributed by atoms with Crippen molar-refractivity contribution in [3.8, 4) is 52.6 Å². The third-order valence-electron chi connectivity index (χ3n) is 12.2. The van der Waals surface area contributed by atoms with Gasteiger partial charge in [0.25, 0.3) is 0 Å². The molecule has 3 N–H and O–H groups in total. The van der Waals surface area contributed by atoms with Crippen LogP contribution in [0.2, 0.25) is 10.3 Å². The number of halogens is 15. The fourth-order valence-electron chi connectivity index (χ4n) is 7.13. The van der Waals surface area contributed by atoms with Gasteiger partial charge < -0.3 is 39.3 Å². The molecule has 0 saturated carbocycles. The first-order valence-corrected chi connectivity index (χ1v) is 29.6. The quantitative estimate of drug-likeness (QED) is 0.0418. The van der Waals surface area contributed by atoms with E-state index in [1.807, 2.05) is 12.1 Å². The summed E-state index contributed by atoms with van der Waals surface area (Å²) in [5.74, 6) is 0.499. The Bertz CT molecular complexity index is 4230. The maximum Gasteiger partial charge on any atom is 0.416 e. The molecule has 10 rings (SSSR count). The van der Waals surface area contributed by atoms with Crippen LogP contribution in [-0.4, -0.2) is 73.7 Å². The lowest BCUT2D eigenvalue weighted by molar-refractivity contribution is -0.138. The summed E-state index contributed by atoms with van der Waals surface area (Å²) in [4.78, 5) is 55.4. The molecule has 0 aliphatic carbocycles. The lowest BCUT2D eigenvalue weighted by Crippen LogP contribution is -2.04. The van der Waals surface area contributed by atoms with Crippen molar-refractivity contribution in [1.29, 1.82) is 5.26 Å². The minimum absolute atomic E-state index is 0.143. The first-order valence-electron chi connectivity index (χ1n) is 28.3. The van der Waals surface area contributed by atoms with E-state index in [9.17, 15) is 67.1 Å². The van der Waals surface area contributed by atoms with Crippen LogP contribution in [0.3, 0.4) is 0 Å². The van der Waals surface area contributed by atoms with Gasteiger partial charge in [0.05, 0.1) is 65.7 Å². The van der Waals surface area contributed by atoms with Gasteiger partial charge in [-0.2, -0.15) is 57.9 Å². The van der Waals surface area contributed by atoms with Gasteiger partial charge in [0, 0.05) is 67.3 Å². The SMILES string of the molecule is COC(=O)c1ccc(Cl)nc1.COC(=O)c1ccc(Oc2ccc(C(F)(F)F)cc2)nc1.FC(F)(F)c1ccc(Oc2ccc(CCl)cn2)cc1.N#CCc1ccc(Oc2ccc(C(F)(F)F)cc2)nc1.NCCc1ccc(Oc2ccc(C(F)(F)F)cc2)nc1.O=C(O)c1ccc(Cl)nc1. The predicted molar refractivity (Wildman–Crippen MR) is 343 cm³/mol. The highest BCUT2D eigenvalue weighted by Crippen LogP contribution is 2.35. The Morgan fingerprint density at radius 1 is 0.416 bits per heavy atom. The number of benzene rings is 4. The number of carboxylic acid groups (broad SMARTS) is 1. The Labute approximate surface area is 581 Å². The van der Waals surface area contributed by atoms with Crippen LogP contribution in [0.15, 0.2) is 207 Å². The minimum Gasteiger partial charge on any atom is -0.478 e. The van der Waals surface area contributed by atoms with Crippen LogP contribution in [-0.2, 0) is 52.9 Å². The standard InChI is InChI=1S/C14H13F3N2O.C14H9F3N2O.C14H10F3NO3.C13H9ClF3NO.C7H6ClNO2.C6H4ClNO2/c2*15-14(16,17)11-2-4-12(5-3-11)20-13-6-1-10(7-8-18)9-19-13;1-20-13(19)9-2-7-12(18-8-9)21-11-5-3-10(4-6-11)14(15,16)17;14-7-9-1-6-12(18-8-9)19-11-4-2-10(3-5-11)13(15,16)17;1-11-7(10)5-2-3-6(8)9-4-5;7-5-2-1-4(3-8-5)6(9)10/h1-6,9H,7-8,18H2;1-6,9H,7H2;2-8H,1H3;1-6,8H,7H2;2-4H,1H3;1-3H,(H,9,10). The van der Waals surface area contributed by atoms with E-state index >= 15 is 0 Å². The van der Waals surface area contributed by atoms with Crippen molar-refractivity contribution in [1.82, 2.24) is 29.9 Å². The Hall–Kier alpha value is -11.1. The van der Waals surface area contributed by atoms with Crippen molar-refractivity contribution in [3.63, 3.8) is 0 Å². The summed E-state index contributed by atoms with van der Waals surface area (Å²) in [5, 5.41) is 17.6. The molecular formula is C68H51Cl3F12N8O10. The molecular weight excluding hydrogens is 1420 g/mol. The molecule has 10 aromatic rings. The van der Waals surface area contributed by atoms with Crippen LogP contribution >= 0.6 is 34.8 Å². The molecule has 0 amide bonds. The molecule has 0 spiro atoms. The average Bonchev–Trinajstić information content (AvgIpc) is 0.865. The zero-order valence-electron chi connectivity index (χ0n) is 52.0. The van der Waals surface area contributed by atoms with Gasteiger partial charge in [-0.15, -0.1) is 11.6 Å². The van der Waals surface area contributed by atoms with Crippen molar-refractivity contribution in [2.24, 2.45) is 5.73 Å². The van der Waals surface area contributed by atoms with Gasteiger partial charge >= 0.3 is 42.6 Å². The monoisotopic (exact) mass is 1470 g/mol. The van der Waals surface area contributed by atoms with Crippen molar-refractivity contribution >= 4 is 52.7 Å². The summed E-state index contributed by atoms with van der Waals surface area (Å²) in [6, 6.07) is 38.3. The van der Waals surface area contributed by atoms with Crippen molar-refractivity contribution in [2.45, 2.75) is 43.4 Å². The number of aromatic carboxylic acids is 1. The summed E-state index contributed by atoms with van der Waals surface area (Å²) in [7, 11) is 2.56. The summed E-state index contributed by atoms with van der Waals surface area (Å²) in [5.41, 5.74) is 5.84. The number of nitriles is 1. The third-order valence-corrected chi connectivity index (χ3v) is 12.9. The molecule has 0 fully saturated rings. The topological polar surface area (TPSA) is 254 Å². The molecule has 6 heterocycles. The summed E-state index contributed by atoms with van der Waals surface area (Å²) >= 11 is 16.5. The highest BCUT2D eigenvalue weighted by molar-refractivity contribution is 6.29. The van der Waals surface area contributed by atoms with E-state index in [1.54, 1.807) is 48.8 Å². The van der Waals surface area contributed by atoms with E-state index in [1.165, 1.54) is 118 Å². The number of hydrogen-bond acceptors (Lipinski definition) is 17. The number of carbonyl (C=O) groups excluding carboxylic acids is 2. The van der Waals surface area contributed by atoms with Crippen LogP contribution in [0.25, 0.3) is 0 Å². The second kappa shape index (κ2) is 38.9. The van der Waals surface area contributed by atoms with Crippen molar-refractivity contribution < 1.29 is 101 Å². The minimum atomic E-state index is -4.39. The number of methoxy groups -OCH3 is 2. The number of hydrogen-bond donors (Lipinski definition) is 2. The van der Waals surface area contributed by atoms with E-state index in [2.05, 4.69) is 39.4 Å². The van der Waals surface area contributed by atoms with Gasteiger partial charge in [-0.1, -0.05) is 41.4 Å². The van der Waals surface area contributed by atoms with Gasteiger partial charge in [-0.25, -0.2) is 44.3 Å². The number of carbonyl (C=O) groups is 3. The summed E-state index contributed by atoms with van der Waals surface area (Å²) < 4.78 is 179. The molecule has 0 unspecified atom stereocenters. The Morgan fingerprint density at radius 3 is 0.941 bits per heavy atom. The maximum absolute atomic E-state index is 12.4. The fourth-order valence-corrected chi connectivity index (χ4v) is 7.51. The molecule has 101 heavy (non-hydrogen) atoms. The van der Waals surface area contributed by atoms with Crippen LogP contribution in [0.5, 0.6) is 46.5 Å². The molecule has 0 radical (unpaired) electrons. The molecule has 0 bridgehead atoms. The number of alkyl halides is 13. The fraction of sp³-hybridized carbons (Fsp3) is 0.147. The molecule has 6 aromatic heterocycles. The number of esters is 2. The van der Waals surface area contributed by atoms with Crippen LogP contribution in [0, 0.1) is 11.3 Å². The highest BCUT2D eigenvalue weighted by atomic mass is 35.5. The van der Waals surface area contributed by atoms with Gasteiger partial charge in [0.2, 0.25) is 23.5 Å². The van der Waals surface area contributed by atoms with E-state index in [-0.39, 0.29) is 40.8 Å². The van der Waals surface area contributed by atoms with Crippen molar-refractivity contribution in [3.05, 3.63) is 273 Å². The maximum atomic E-state index is 12.4. The molecule has 33 heteroatoms.